The predicted molar refractivity (Wildman–Crippen MR) is 134 cm³/mol. The highest BCUT2D eigenvalue weighted by atomic mass is 35.5. The third-order valence-corrected chi connectivity index (χ3v) is 6.42. The fraction of sp³-hybridized carbons (Fsp3) is 0.296. The Morgan fingerprint density at radius 1 is 0.875 bits per heavy atom. The summed E-state index contributed by atoms with van der Waals surface area (Å²) in [5.74, 6) is 0. The summed E-state index contributed by atoms with van der Waals surface area (Å²) < 4.78 is 0.952. The first kappa shape index (κ1) is 23.8. The van der Waals surface area contributed by atoms with Gasteiger partial charge in [-0.1, -0.05) is 72.3 Å². The van der Waals surface area contributed by atoms with Gasteiger partial charge in [0.25, 0.3) is 0 Å². The molecular weight excluding hydrogens is 418 g/mol. The van der Waals surface area contributed by atoms with E-state index in [9.17, 15) is 4.79 Å². The van der Waals surface area contributed by atoms with Gasteiger partial charge in [0.05, 0.1) is 19.6 Å². The number of para-hydroxylation sites is 1. The highest BCUT2D eigenvalue weighted by Crippen LogP contribution is 2.20. The highest BCUT2D eigenvalue weighted by Gasteiger charge is 2.26. The molecule has 3 aromatic carbocycles. The zero-order valence-electron chi connectivity index (χ0n) is 18.8. The van der Waals surface area contributed by atoms with Crippen molar-refractivity contribution < 1.29 is 9.28 Å². The maximum Gasteiger partial charge on any atom is 0.319 e. The van der Waals surface area contributed by atoms with Crippen LogP contribution in [0.3, 0.4) is 0 Å². The Morgan fingerprint density at radius 2 is 1.50 bits per heavy atom. The molecule has 168 valence electrons. The number of carbonyl (C=O) groups excluding carboxylic acids is 1. The molecule has 4 nitrogen and oxygen atoms in total. The van der Waals surface area contributed by atoms with E-state index in [-0.39, 0.29) is 0 Å². The van der Waals surface area contributed by atoms with Crippen LogP contribution in [0.2, 0.25) is 5.02 Å². The van der Waals surface area contributed by atoms with E-state index < -0.39 is 6.03 Å². The normalized spacial score (nSPS) is 12.8. The third kappa shape index (κ3) is 6.84. The fourth-order valence-corrected chi connectivity index (χ4v) is 4.35. The zero-order chi connectivity index (χ0) is 22.8. The second kappa shape index (κ2) is 11.7. The molecule has 0 fully saturated rings. The topological polar surface area (TPSA) is 46.3 Å². The Bertz CT molecular complexity index is 963. The maximum atomic E-state index is 12.1. The summed E-state index contributed by atoms with van der Waals surface area (Å²) in [5.41, 5.74) is 9.17. The number of anilines is 1. The van der Waals surface area contributed by atoms with Gasteiger partial charge in [0.15, 0.2) is 0 Å². The Morgan fingerprint density at radius 3 is 2.09 bits per heavy atom. The van der Waals surface area contributed by atoms with E-state index in [0.717, 1.165) is 54.2 Å². The molecule has 1 unspecified atom stereocenters. The molecule has 0 aliphatic rings. The first-order chi connectivity index (χ1) is 15.5. The van der Waals surface area contributed by atoms with E-state index in [1.807, 2.05) is 42.5 Å². The van der Waals surface area contributed by atoms with E-state index in [1.54, 1.807) is 4.90 Å². The minimum absolute atomic E-state index is 0.407. The summed E-state index contributed by atoms with van der Waals surface area (Å²) in [4.78, 5) is 13.8. The second-order valence-corrected chi connectivity index (χ2v) is 8.74. The van der Waals surface area contributed by atoms with E-state index in [0.29, 0.717) is 6.54 Å². The number of likely N-dealkylation sites (N-methyl/N-ethyl adjacent to an activating group) is 1. The van der Waals surface area contributed by atoms with Crippen LogP contribution in [0, 0.1) is 0 Å². The monoisotopic (exact) mass is 450 g/mol. The summed E-state index contributed by atoms with van der Waals surface area (Å²) in [7, 11) is 0. The van der Waals surface area contributed by atoms with Crippen molar-refractivity contribution in [3.05, 3.63) is 101 Å². The lowest BCUT2D eigenvalue weighted by molar-refractivity contribution is -0.939. The molecule has 0 bridgehead atoms. The van der Waals surface area contributed by atoms with Crippen molar-refractivity contribution in [1.29, 1.82) is 0 Å². The molecule has 3 rings (SSSR count). The summed E-state index contributed by atoms with van der Waals surface area (Å²) in [5, 5.41) is 0.765. The molecule has 0 aliphatic heterocycles. The van der Waals surface area contributed by atoms with Gasteiger partial charge < -0.3 is 10.2 Å². The van der Waals surface area contributed by atoms with Crippen molar-refractivity contribution in [1.82, 2.24) is 0 Å². The number of amides is 2. The molecule has 0 radical (unpaired) electrons. The van der Waals surface area contributed by atoms with Crippen molar-refractivity contribution in [2.24, 2.45) is 5.73 Å². The molecule has 0 aliphatic carbocycles. The van der Waals surface area contributed by atoms with Gasteiger partial charge in [0.2, 0.25) is 0 Å². The number of benzene rings is 3. The van der Waals surface area contributed by atoms with Crippen molar-refractivity contribution in [3.8, 4) is 0 Å². The Balaban J connectivity index is 1.73. The molecule has 0 saturated heterocycles. The van der Waals surface area contributed by atoms with Crippen molar-refractivity contribution in [3.63, 3.8) is 0 Å². The first-order valence-corrected chi connectivity index (χ1v) is 11.6. The zero-order valence-corrected chi connectivity index (χ0v) is 19.5. The van der Waals surface area contributed by atoms with Gasteiger partial charge in [0.1, 0.15) is 6.54 Å². The number of rotatable bonds is 11. The lowest BCUT2D eigenvalue weighted by Gasteiger charge is -2.39. The molecule has 0 aromatic heterocycles. The number of carbonyl (C=O) groups is 1. The van der Waals surface area contributed by atoms with Gasteiger partial charge in [-0.3, -0.25) is 4.90 Å². The van der Waals surface area contributed by atoms with Crippen LogP contribution in [0.1, 0.15) is 24.5 Å². The highest BCUT2D eigenvalue weighted by molar-refractivity contribution is 6.30. The summed E-state index contributed by atoms with van der Waals surface area (Å²) >= 11 is 6.06. The Hall–Kier alpha value is -2.82. The molecule has 32 heavy (non-hydrogen) atoms. The summed E-state index contributed by atoms with van der Waals surface area (Å²) in [6, 6.07) is 28.0. The minimum atomic E-state index is -0.407. The summed E-state index contributed by atoms with van der Waals surface area (Å²) in [6.07, 6.45) is 1.86. The van der Waals surface area contributed by atoms with Crippen molar-refractivity contribution in [2.75, 3.05) is 31.1 Å². The number of urea groups is 1. The molecule has 5 heteroatoms. The predicted octanol–water partition coefficient (Wildman–Crippen LogP) is 5.89. The van der Waals surface area contributed by atoms with Crippen LogP contribution < -0.4 is 10.6 Å². The SMILES string of the molecule is CC[N+](CCCN(C(N)=O)c1ccccc1)(CCc1ccc(Cl)cc1)Cc1ccccc1. The van der Waals surface area contributed by atoms with Gasteiger partial charge >= 0.3 is 6.03 Å². The molecule has 3 aromatic rings. The lowest BCUT2D eigenvalue weighted by atomic mass is 10.1. The molecular formula is C27H33ClN3O+. The van der Waals surface area contributed by atoms with Crippen LogP contribution >= 0.6 is 11.6 Å². The number of halogens is 1. The number of quaternary nitrogens is 1. The van der Waals surface area contributed by atoms with Crippen LogP contribution in [-0.2, 0) is 13.0 Å². The van der Waals surface area contributed by atoms with Crippen LogP contribution in [0.5, 0.6) is 0 Å². The van der Waals surface area contributed by atoms with Crippen LogP contribution in [0.15, 0.2) is 84.9 Å². The second-order valence-electron chi connectivity index (χ2n) is 8.30. The number of hydrogen-bond donors (Lipinski definition) is 1. The van der Waals surface area contributed by atoms with E-state index in [2.05, 4.69) is 49.4 Å². The van der Waals surface area contributed by atoms with Gasteiger partial charge in [-0.25, -0.2) is 4.79 Å². The molecule has 2 amide bonds. The van der Waals surface area contributed by atoms with Gasteiger partial charge in [-0.2, -0.15) is 0 Å². The van der Waals surface area contributed by atoms with E-state index >= 15 is 0 Å². The Labute approximate surface area is 196 Å². The number of primary amides is 1. The number of hydrogen-bond acceptors (Lipinski definition) is 1. The standard InChI is InChI=1S/C27H32ClN3O/c1-2-31(22-24-10-5-3-6-11-24,21-18-23-14-16-25(28)17-15-23)20-9-19-30(27(29)32)26-12-7-4-8-13-26/h3-8,10-17H,2,9,18-22H2,1H3,(H-,29,32)/p+1. The average Bonchev–Trinajstić information content (AvgIpc) is 2.82. The van der Waals surface area contributed by atoms with Gasteiger partial charge in [0, 0.05) is 35.7 Å². The van der Waals surface area contributed by atoms with Crippen LogP contribution in [0.4, 0.5) is 10.5 Å². The number of nitrogens with two attached hydrogens (primary N) is 1. The van der Waals surface area contributed by atoms with Crippen LogP contribution in [-0.4, -0.2) is 36.7 Å². The largest absolute Gasteiger partial charge is 0.351 e. The molecule has 0 spiro atoms. The lowest BCUT2D eigenvalue weighted by Crippen LogP contribution is -2.50. The third-order valence-electron chi connectivity index (χ3n) is 6.17. The van der Waals surface area contributed by atoms with Gasteiger partial charge in [-0.05, 0) is 36.8 Å². The quantitative estimate of drug-likeness (QED) is 0.363. The van der Waals surface area contributed by atoms with Gasteiger partial charge in [-0.15, -0.1) is 0 Å². The number of nitrogens with zero attached hydrogens (tertiary/aromatic N) is 2. The Kier molecular flexibility index (Phi) is 8.72. The van der Waals surface area contributed by atoms with E-state index in [1.165, 1.54) is 11.1 Å². The molecule has 2 N–H and O–H groups in total. The fourth-order valence-electron chi connectivity index (χ4n) is 4.22. The van der Waals surface area contributed by atoms with Crippen molar-refractivity contribution >= 4 is 23.3 Å². The van der Waals surface area contributed by atoms with Crippen molar-refractivity contribution in [2.45, 2.75) is 26.3 Å². The average molecular weight is 451 g/mol. The molecule has 1 atom stereocenters. The van der Waals surface area contributed by atoms with Crippen LogP contribution in [0.25, 0.3) is 0 Å². The smallest absolute Gasteiger partial charge is 0.319 e. The first-order valence-electron chi connectivity index (χ1n) is 11.3. The van der Waals surface area contributed by atoms with E-state index in [4.69, 9.17) is 17.3 Å². The molecule has 0 saturated carbocycles. The minimum Gasteiger partial charge on any atom is -0.351 e. The molecule has 0 heterocycles. The summed E-state index contributed by atoms with van der Waals surface area (Å²) in [6.45, 7) is 6.84. The maximum absolute atomic E-state index is 12.1.